The van der Waals surface area contributed by atoms with E-state index in [2.05, 4.69) is 0 Å². The average Bonchev–Trinajstić information content (AvgIpc) is 2.28. The molecule has 0 aromatic rings. The second kappa shape index (κ2) is 4.59. The largest absolute Gasteiger partial charge is 0.286 e. The van der Waals surface area contributed by atoms with E-state index in [-0.39, 0.29) is 0 Å². The first-order valence-electron chi connectivity index (χ1n) is 3.27. The van der Waals surface area contributed by atoms with Crippen molar-refractivity contribution in [2.24, 2.45) is 0 Å². The number of carbonyl (C=O) groups is 1. The van der Waals surface area contributed by atoms with Crippen LogP contribution in [0.5, 0.6) is 0 Å². The van der Waals surface area contributed by atoms with E-state index in [0.29, 0.717) is 10.9 Å². The second-order valence-corrected chi connectivity index (χ2v) is 8.32. The third-order valence-electron chi connectivity index (χ3n) is 1.24. The lowest BCUT2D eigenvalue weighted by molar-refractivity contribution is -0.108. The zero-order valence-corrected chi connectivity index (χ0v) is 10.2. The van der Waals surface area contributed by atoms with Crippen molar-refractivity contribution in [3.63, 3.8) is 0 Å². The predicted octanol–water partition coefficient (Wildman–Crippen LogP) is 3.25. The van der Waals surface area contributed by atoms with Gasteiger partial charge in [-0.3, -0.25) is 4.79 Å². The van der Waals surface area contributed by atoms with Gasteiger partial charge in [0.25, 0.3) is 0 Å². The number of hydrogen-bond donors (Lipinski definition) is 0. The summed E-state index contributed by atoms with van der Waals surface area (Å²) in [6.45, 7) is 0. The molecule has 6 heteroatoms. The molecule has 0 aliphatic carbocycles. The molecule has 66 valence electrons. The Balaban J connectivity index is 2.15. The van der Waals surface area contributed by atoms with Gasteiger partial charge in [0.1, 0.15) is 0 Å². The van der Waals surface area contributed by atoms with E-state index in [1.165, 1.54) is 20.2 Å². The summed E-state index contributed by atoms with van der Waals surface area (Å²) < 4.78 is 2.61. The van der Waals surface area contributed by atoms with Gasteiger partial charge in [-0.1, -0.05) is 0 Å². The molecule has 0 radical (unpaired) electrons. The second-order valence-electron chi connectivity index (χ2n) is 2.07. The molecule has 0 bridgehead atoms. The number of rotatable bonds is 0. The van der Waals surface area contributed by atoms with Gasteiger partial charge in [0.15, 0.2) is 0 Å². The molecule has 0 aromatic heterocycles. The molecule has 0 amide bonds. The third-order valence-corrected chi connectivity index (χ3v) is 8.09. The Kier molecular flexibility index (Phi) is 3.71. The first-order valence-corrected chi connectivity index (χ1v) is 8.20. The molecule has 2 aliphatic rings. The molecule has 1 nitrogen and oxygen atoms in total. The molecule has 2 aliphatic heterocycles. The lowest BCUT2D eigenvalue weighted by Gasteiger charge is -2.13. The fourth-order valence-corrected chi connectivity index (χ4v) is 7.69. The van der Waals surface area contributed by atoms with Crippen molar-refractivity contribution in [3.8, 4) is 0 Å². The maximum absolute atomic E-state index is 11.1. The Morgan fingerprint density at radius 3 is 2.58 bits per heavy atom. The fraction of sp³-hybridized carbons (Fsp3) is 0.500. The minimum atomic E-state index is 0.304. The van der Waals surface area contributed by atoms with Crippen LogP contribution >= 0.6 is 58.8 Å². The fourth-order valence-electron chi connectivity index (χ4n) is 0.771. The highest BCUT2D eigenvalue weighted by atomic mass is 32.3. The van der Waals surface area contributed by atoms with Crippen LogP contribution in [0, 0.1) is 0 Å². The van der Waals surface area contributed by atoms with E-state index >= 15 is 0 Å². The SMILES string of the molecule is O=C1CSC2=C(SCSCS2)S1. The van der Waals surface area contributed by atoms with Crippen LogP contribution in [0.4, 0.5) is 0 Å². The minimum Gasteiger partial charge on any atom is -0.286 e. The van der Waals surface area contributed by atoms with E-state index in [0.717, 1.165) is 10.2 Å². The van der Waals surface area contributed by atoms with Crippen LogP contribution in [-0.2, 0) is 4.79 Å². The Morgan fingerprint density at radius 2 is 1.75 bits per heavy atom. The lowest BCUT2D eigenvalue weighted by atomic mass is 10.9. The van der Waals surface area contributed by atoms with Crippen LogP contribution in [-0.4, -0.2) is 21.0 Å². The molecule has 0 fully saturated rings. The van der Waals surface area contributed by atoms with Gasteiger partial charge in [-0.25, -0.2) is 0 Å². The van der Waals surface area contributed by atoms with Gasteiger partial charge >= 0.3 is 0 Å². The Hall–Kier alpha value is 1.16. The molecular formula is C6H6OS5. The lowest BCUT2D eigenvalue weighted by Crippen LogP contribution is -2.00. The van der Waals surface area contributed by atoms with Crippen molar-refractivity contribution >= 4 is 63.9 Å². The van der Waals surface area contributed by atoms with Gasteiger partial charge < -0.3 is 0 Å². The van der Waals surface area contributed by atoms with Crippen molar-refractivity contribution < 1.29 is 4.79 Å². The Bertz CT molecular complexity index is 236. The predicted molar refractivity (Wildman–Crippen MR) is 64.6 cm³/mol. The highest BCUT2D eigenvalue weighted by Gasteiger charge is 2.22. The van der Waals surface area contributed by atoms with E-state index in [4.69, 9.17) is 0 Å². The molecule has 0 unspecified atom stereocenters. The molecule has 2 rings (SSSR count). The summed E-state index contributed by atoms with van der Waals surface area (Å²) >= 11 is 8.76. The molecule has 12 heavy (non-hydrogen) atoms. The highest BCUT2D eigenvalue weighted by molar-refractivity contribution is 8.40. The van der Waals surface area contributed by atoms with Gasteiger partial charge in [0.05, 0.1) is 14.2 Å². The van der Waals surface area contributed by atoms with Gasteiger partial charge in [0, 0.05) is 10.2 Å². The van der Waals surface area contributed by atoms with Gasteiger partial charge in [-0.2, -0.15) is 0 Å². The molecule has 0 saturated carbocycles. The topological polar surface area (TPSA) is 17.1 Å². The molecular weight excluding hydrogens is 248 g/mol. The maximum atomic E-state index is 11.1. The molecule has 0 N–H and O–H groups in total. The molecule has 0 aromatic carbocycles. The maximum Gasteiger partial charge on any atom is 0.204 e. The molecule has 0 saturated heterocycles. The van der Waals surface area contributed by atoms with Crippen LogP contribution < -0.4 is 0 Å². The number of carbonyl (C=O) groups excluding carboxylic acids is 1. The quantitative estimate of drug-likeness (QED) is 0.655. The summed E-state index contributed by atoms with van der Waals surface area (Å²) in [5.74, 6) is 0.654. The minimum absolute atomic E-state index is 0.304. The summed E-state index contributed by atoms with van der Waals surface area (Å²) in [6.07, 6.45) is 0. The van der Waals surface area contributed by atoms with Crippen LogP contribution in [0.15, 0.2) is 8.47 Å². The van der Waals surface area contributed by atoms with Crippen LogP contribution in [0.3, 0.4) is 0 Å². The van der Waals surface area contributed by atoms with Crippen molar-refractivity contribution in [2.45, 2.75) is 0 Å². The molecule has 0 atom stereocenters. The zero-order valence-electron chi connectivity index (χ0n) is 6.07. The van der Waals surface area contributed by atoms with Gasteiger partial charge in [0.2, 0.25) is 5.12 Å². The number of thioether (sulfide) groups is 5. The van der Waals surface area contributed by atoms with Crippen LogP contribution in [0.2, 0.25) is 0 Å². The van der Waals surface area contributed by atoms with Crippen LogP contribution in [0.25, 0.3) is 0 Å². The summed E-state index contributed by atoms with van der Waals surface area (Å²) in [5, 5.41) is 2.53. The normalized spacial score (nSPS) is 25.2. The zero-order chi connectivity index (χ0) is 8.39. The van der Waals surface area contributed by atoms with Crippen molar-refractivity contribution in [2.75, 3.05) is 15.9 Å². The number of hydrogen-bond acceptors (Lipinski definition) is 6. The smallest absolute Gasteiger partial charge is 0.204 e. The van der Waals surface area contributed by atoms with Crippen molar-refractivity contribution in [1.29, 1.82) is 0 Å². The highest BCUT2D eigenvalue weighted by Crippen LogP contribution is 2.50. The summed E-state index contributed by atoms with van der Waals surface area (Å²) in [7, 11) is 0. The standard InChI is InChI=1S/C6H6OS5/c7-4-1-9-5-6(12-4)11-3-8-2-10-5/h1-3H2. The Morgan fingerprint density at radius 1 is 1.00 bits per heavy atom. The Labute approximate surface area is 92.6 Å². The van der Waals surface area contributed by atoms with E-state index in [1.807, 2.05) is 35.3 Å². The average molecular weight is 254 g/mol. The third kappa shape index (κ3) is 2.35. The first kappa shape index (κ1) is 9.71. The molecule has 2 heterocycles. The first-order chi connectivity index (χ1) is 5.86. The van der Waals surface area contributed by atoms with Gasteiger partial charge in [-0.15, -0.1) is 47.0 Å². The monoisotopic (exact) mass is 254 g/mol. The van der Waals surface area contributed by atoms with Crippen LogP contribution in [0.1, 0.15) is 0 Å². The summed E-state index contributed by atoms with van der Waals surface area (Å²) in [6, 6.07) is 0. The van der Waals surface area contributed by atoms with Crippen molar-refractivity contribution in [3.05, 3.63) is 8.47 Å². The molecule has 0 spiro atoms. The van der Waals surface area contributed by atoms with E-state index in [1.54, 1.807) is 11.8 Å². The van der Waals surface area contributed by atoms with Gasteiger partial charge in [-0.05, 0) is 11.8 Å². The van der Waals surface area contributed by atoms with Crippen molar-refractivity contribution in [1.82, 2.24) is 0 Å². The summed E-state index contributed by atoms with van der Waals surface area (Å²) in [5.41, 5.74) is 0. The summed E-state index contributed by atoms with van der Waals surface area (Å²) in [4.78, 5) is 11.1. The van der Waals surface area contributed by atoms with E-state index < -0.39 is 0 Å². The van der Waals surface area contributed by atoms with E-state index in [9.17, 15) is 4.79 Å².